The van der Waals surface area contributed by atoms with Gasteiger partial charge in [0, 0.05) is 18.2 Å². The van der Waals surface area contributed by atoms with Crippen LogP contribution in [0.3, 0.4) is 0 Å². The summed E-state index contributed by atoms with van der Waals surface area (Å²) in [7, 11) is -0.453. The normalized spacial score (nSPS) is 20.7. The second-order valence-corrected chi connectivity index (χ2v) is 9.95. The SMILES string of the molecule is Cc1nnc2n1-c1ccc(B3OC(C)(C)C(C)(C)O3)cc1N(c1ccc(C#N)cc1)CC2C. The van der Waals surface area contributed by atoms with Crippen molar-refractivity contribution in [2.75, 3.05) is 11.4 Å². The van der Waals surface area contributed by atoms with Crippen molar-refractivity contribution < 1.29 is 9.31 Å². The Bertz CT molecular complexity index is 1240. The van der Waals surface area contributed by atoms with E-state index in [1.54, 1.807) is 0 Å². The molecule has 168 valence electrons. The minimum atomic E-state index is -0.453. The number of nitrogens with zero attached hydrogens (tertiary/aromatic N) is 5. The summed E-state index contributed by atoms with van der Waals surface area (Å²) in [6.45, 7) is 13.1. The van der Waals surface area contributed by atoms with E-state index in [1.807, 2.05) is 31.2 Å². The van der Waals surface area contributed by atoms with Gasteiger partial charge in [-0.2, -0.15) is 5.26 Å². The van der Waals surface area contributed by atoms with Crippen LogP contribution in [0.25, 0.3) is 5.69 Å². The lowest BCUT2D eigenvalue weighted by atomic mass is 9.78. The molecule has 2 aromatic carbocycles. The van der Waals surface area contributed by atoms with E-state index in [0.29, 0.717) is 5.56 Å². The first-order valence-corrected chi connectivity index (χ1v) is 11.3. The summed E-state index contributed by atoms with van der Waals surface area (Å²) in [5, 5.41) is 18.1. The molecule has 0 saturated carbocycles. The summed E-state index contributed by atoms with van der Waals surface area (Å²) in [6, 6.07) is 16.2. The Kier molecular flexibility index (Phi) is 4.89. The third-order valence-electron chi connectivity index (χ3n) is 7.11. The van der Waals surface area contributed by atoms with Crippen molar-refractivity contribution in [2.45, 2.75) is 58.7 Å². The molecule has 7 nitrogen and oxygen atoms in total. The van der Waals surface area contributed by atoms with Gasteiger partial charge in [-0.15, -0.1) is 10.2 Å². The maximum Gasteiger partial charge on any atom is 0.494 e. The van der Waals surface area contributed by atoms with Crippen LogP contribution >= 0.6 is 0 Å². The number of rotatable bonds is 2. The van der Waals surface area contributed by atoms with Crippen molar-refractivity contribution in [1.29, 1.82) is 5.26 Å². The summed E-state index contributed by atoms with van der Waals surface area (Å²) in [5.74, 6) is 1.94. The number of nitriles is 1. The molecule has 1 fully saturated rings. The fourth-order valence-electron chi connectivity index (χ4n) is 4.48. The summed E-state index contributed by atoms with van der Waals surface area (Å²) in [5.41, 5.74) is 3.84. The number of aromatic nitrogens is 3. The van der Waals surface area contributed by atoms with Gasteiger partial charge in [-0.3, -0.25) is 4.57 Å². The Balaban J connectivity index is 1.66. The molecule has 8 heteroatoms. The first-order chi connectivity index (χ1) is 15.6. The summed E-state index contributed by atoms with van der Waals surface area (Å²) >= 11 is 0. The van der Waals surface area contributed by atoms with Gasteiger partial charge in [0.1, 0.15) is 11.6 Å². The highest BCUT2D eigenvalue weighted by molar-refractivity contribution is 6.62. The number of aryl methyl sites for hydroxylation is 1. The topological polar surface area (TPSA) is 76.2 Å². The third kappa shape index (κ3) is 3.43. The lowest BCUT2D eigenvalue weighted by Gasteiger charge is -2.32. The molecule has 5 rings (SSSR count). The van der Waals surface area contributed by atoms with Gasteiger partial charge < -0.3 is 14.2 Å². The molecule has 2 aliphatic heterocycles. The predicted molar refractivity (Wildman–Crippen MR) is 128 cm³/mol. The first-order valence-electron chi connectivity index (χ1n) is 11.3. The van der Waals surface area contributed by atoms with Gasteiger partial charge in [0.25, 0.3) is 0 Å². The van der Waals surface area contributed by atoms with Crippen LogP contribution < -0.4 is 10.4 Å². The second-order valence-electron chi connectivity index (χ2n) is 9.95. The van der Waals surface area contributed by atoms with Crippen molar-refractivity contribution >= 4 is 24.0 Å². The summed E-state index contributed by atoms with van der Waals surface area (Å²) in [6.07, 6.45) is 0. The van der Waals surface area contributed by atoms with Crippen LogP contribution in [0.2, 0.25) is 0 Å². The Hall–Kier alpha value is -3.15. The fourth-order valence-corrected chi connectivity index (χ4v) is 4.48. The molecule has 0 amide bonds. The largest absolute Gasteiger partial charge is 0.494 e. The molecule has 3 aromatic rings. The molecular formula is C25H28BN5O2. The standard InChI is InChI=1S/C25H28BN5O2/c1-16-15-30(20-10-7-18(14-27)8-11-20)22-13-19(26-32-24(3,4)25(5,6)33-26)9-12-21(22)31-17(2)28-29-23(16)31/h7-13,16H,15H2,1-6H3. The van der Waals surface area contributed by atoms with E-state index in [4.69, 9.17) is 9.31 Å². The first kappa shape index (κ1) is 21.7. The molecule has 0 bridgehead atoms. The van der Waals surface area contributed by atoms with Gasteiger partial charge >= 0.3 is 7.12 Å². The van der Waals surface area contributed by atoms with E-state index in [2.05, 4.69) is 78.6 Å². The van der Waals surface area contributed by atoms with Crippen molar-refractivity contribution in [3.05, 3.63) is 59.7 Å². The minimum Gasteiger partial charge on any atom is -0.399 e. The molecular weight excluding hydrogens is 413 g/mol. The minimum absolute atomic E-state index is 0.148. The Morgan fingerprint density at radius 2 is 1.67 bits per heavy atom. The molecule has 33 heavy (non-hydrogen) atoms. The van der Waals surface area contributed by atoms with Crippen LogP contribution in [0.1, 0.15) is 57.7 Å². The van der Waals surface area contributed by atoms with E-state index in [0.717, 1.165) is 40.7 Å². The summed E-state index contributed by atoms with van der Waals surface area (Å²) < 4.78 is 14.8. The maximum absolute atomic E-state index is 9.24. The van der Waals surface area contributed by atoms with E-state index in [9.17, 15) is 5.26 Å². The maximum atomic E-state index is 9.24. The molecule has 0 radical (unpaired) electrons. The lowest BCUT2D eigenvalue weighted by Crippen LogP contribution is -2.41. The highest BCUT2D eigenvalue weighted by atomic mass is 16.7. The number of benzene rings is 2. The lowest BCUT2D eigenvalue weighted by molar-refractivity contribution is 0.00578. The second kappa shape index (κ2) is 7.44. The van der Waals surface area contributed by atoms with E-state index >= 15 is 0 Å². The zero-order chi connectivity index (χ0) is 23.5. The van der Waals surface area contributed by atoms with Gasteiger partial charge in [0.2, 0.25) is 0 Å². The van der Waals surface area contributed by atoms with Crippen LogP contribution in [-0.4, -0.2) is 39.6 Å². The number of hydrogen-bond donors (Lipinski definition) is 0. The van der Waals surface area contributed by atoms with Crippen LogP contribution in [0.4, 0.5) is 11.4 Å². The van der Waals surface area contributed by atoms with Crippen LogP contribution in [0, 0.1) is 18.3 Å². The quantitative estimate of drug-likeness (QED) is 0.560. The van der Waals surface area contributed by atoms with E-state index < -0.39 is 18.3 Å². The Morgan fingerprint density at radius 3 is 2.30 bits per heavy atom. The third-order valence-corrected chi connectivity index (χ3v) is 7.11. The Morgan fingerprint density at radius 1 is 1.00 bits per heavy atom. The zero-order valence-corrected chi connectivity index (χ0v) is 20.0. The molecule has 1 saturated heterocycles. The van der Waals surface area contributed by atoms with Crippen LogP contribution in [-0.2, 0) is 9.31 Å². The molecule has 3 heterocycles. The smallest absolute Gasteiger partial charge is 0.399 e. The fraction of sp³-hybridized carbons (Fsp3) is 0.400. The number of hydrogen-bond acceptors (Lipinski definition) is 6. The van der Waals surface area contributed by atoms with Gasteiger partial charge in [0.05, 0.1) is 34.2 Å². The molecule has 0 spiro atoms. The molecule has 1 atom stereocenters. The van der Waals surface area contributed by atoms with Crippen molar-refractivity contribution in [3.63, 3.8) is 0 Å². The van der Waals surface area contributed by atoms with Gasteiger partial charge in [-0.1, -0.05) is 13.0 Å². The molecule has 2 aliphatic rings. The van der Waals surface area contributed by atoms with Crippen molar-refractivity contribution in [1.82, 2.24) is 14.8 Å². The van der Waals surface area contributed by atoms with Gasteiger partial charge in [-0.25, -0.2) is 0 Å². The van der Waals surface area contributed by atoms with Gasteiger partial charge in [-0.05, 0) is 76.5 Å². The highest BCUT2D eigenvalue weighted by Crippen LogP contribution is 2.40. The number of fused-ring (bicyclic) bond motifs is 3. The predicted octanol–water partition coefficient (Wildman–Crippen LogP) is 4.00. The van der Waals surface area contributed by atoms with E-state index in [1.165, 1.54) is 0 Å². The zero-order valence-electron chi connectivity index (χ0n) is 20.0. The van der Waals surface area contributed by atoms with Crippen LogP contribution in [0.5, 0.6) is 0 Å². The monoisotopic (exact) mass is 441 g/mol. The van der Waals surface area contributed by atoms with Crippen LogP contribution in [0.15, 0.2) is 42.5 Å². The van der Waals surface area contributed by atoms with Gasteiger partial charge in [0.15, 0.2) is 0 Å². The van der Waals surface area contributed by atoms with Crippen molar-refractivity contribution in [2.24, 2.45) is 0 Å². The molecule has 1 unspecified atom stereocenters. The highest BCUT2D eigenvalue weighted by Gasteiger charge is 2.52. The summed E-state index contributed by atoms with van der Waals surface area (Å²) in [4.78, 5) is 2.28. The van der Waals surface area contributed by atoms with Crippen molar-refractivity contribution in [3.8, 4) is 11.8 Å². The average molecular weight is 441 g/mol. The molecule has 0 aliphatic carbocycles. The molecule has 1 aromatic heterocycles. The molecule has 0 N–H and O–H groups in total. The average Bonchev–Trinajstić information content (AvgIpc) is 3.22. The van der Waals surface area contributed by atoms with E-state index in [-0.39, 0.29) is 5.92 Å². The Labute approximate surface area is 195 Å². The number of anilines is 2.